The third kappa shape index (κ3) is 3.34. The Morgan fingerprint density at radius 3 is 2.57 bits per heavy atom. The Morgan fingerprint density at radius 2 is 2.00 bits per heavy atom. The van der Waals surface area contributed by atoms with Crippen molar-refractivity contribution in [3.8, 4) is 0 Å². The Labute approximate surface area is 145 Å². The van der Waals surface area contributed by atoms with Crippen LogP contribution in [-0.4, -0.2) is 17.4 Å². The number of thiazole rings is 1. The molecule has 0 atom stereocenters. The summed E-state index contributed by atoms with van der Waals surface area (Å²) < 4.78 is 0. The number of aryl methyl sites for hydroxylation is 1. The molecule has 3 rings (SSSR count). The minimum Gasteiger partial charge on any atom is -0.316 e. The topological polar surface area (TPSA) is 54.0 Å². The molecule has 0 bridgehead atoms. The molecule has 1 fully saturated rings. The van der Waals surface area contributed by atoms with Gasteiger partial charge in [0.15, 0.2) is 0 Å². The van der Waals surface area contributed by atoms with Crippen LogP contribution in [0, 0.1) is 20.8 Å². The van der Waals surface area contributed by atoms with Crippen LogP contribution in [0.4, 0.5) is 5.00 Å². The van der Waals surface area contributed by atoms with E-state index in [-0.39, 0.29) is 11.4 Å². The van der Waals surface area contributed by atoms with Crippen molar-refractivity contribution in [1.29, 1.82) is 0 Å². The minimum absolute atomic E-state index is 0.0252. The van der Waals surface area contributed by atoms with Gasteiger partial charge in [0.2, 0.25) is 5.91 Å². The molecule has 0 aliphatic heterocycles. The average Bonchev–Trinajstić information content (AvgIpc) is 3.25. The standard InChI is InChI=1S/C17H23N3OS2/c1-11-12(2)15(23-13(11)3)20-14(21)10-19-17(6-4-5-7-17)16-18-8-9-22-16/h8-9,19H,4-7,10H2,1-3H3,(H,20,21). The predicted octanol–water partition coefficient (Wildman–Crippen LogP) is 4.13. The zero-order valence-corrected chi connectivity index (χ0v) is 15.5. The molecule has 23 heavy (non-hydrogen) atoms. The summed E-state index contributed by atoms with van der Waals surface area (Å²) in [5.41, 5.74) is 2.34. The highest BCUT2D eigenvalue weighted by Crippen LogP contribution is 2.39. The predicted molar refractivity (Wildman–Crippen MR) is 97.4 cm³/mol. The van der Waals surface area contributed by atoms with Gasteiger partial charge in [0.05, 0.1) is 17.1 Å². The zero-order valence-electron chi connectivity index (χ0n) is 13.9. The van der Waals surface area contributed by atoms with Gasteiger partial charge >= 0.3 is 0 Å². The molecule has 6 heteroatoms. The van der Waals surface area contributed by atoms with E-state index in [1.165, 1.54) is 28.8 Å². The van der Waals surface area contributed by atoms with Crippen LogP contribution >= 0.6 is 22.7 Å². The highest BCUT2D eigenvalue weighted by molar-refractivity contribution is 7.16. The van der Waals surface area contributed by atoms with Crippen molar-refractivity contribution in [2.45, 2.75) is 52.0 Å². The van der Waals surface area contributed by atoms with Crippen LogP contribution < -0.4 is 10.6 Å². The van der Waals surface area contributed by atoms with Crippen molar-refractivity contribution in [3.63, 3.8) is 0 Å². The molecule has 0 spiro atoms. The lowest BCUT2D eigenvalue weighted by Crippen LogP contribution is -2.43. The Balaban J connectivity index is 1.65. The highest BCUT2D eigenvalue weighted by Gasteiger charge is 2.37. The molecule has 1 aliphatic rings. The van der Waals surface area contributed by atoms with E-state index in [0.717, 1.165) is 22.9 Å². The van der Waals surface area contributed by atoms with Crippen molar-refractivity contribution in [2.75, 3.05) is 11.9 Å². The van der Waals surface area contributed by atoms with Crippen LogP contribution in [0.3, 0.4) is 0 Å². The first-order chi connectivity index (χ1) is 11.0. The molecule has 0 unspecified atom stereocenters. The van der Waals surface area contributed by atoms with Gasteiger partial charge in [-0.05, 0) is 44.7 Å². The fourth-order valence-corrected chi connectivity index (χ4v) is 5.14. The monoisotopic (exact) mass is 349 g/mol. The summed E-state index contributed by atoms with van der Waals surface area (Å²) in [4.78, 5) is 18.1. The van der Waals surface area contributed by atoms with Gasteiger partial charge in [-0.25, -0.2) is 4.98 Å². The first-order valence-electron chi connectivity index (χ1n) is 8.03. The van der Waals surface area contributed by atoms with Crippen molar-refractivity contribution in [2.24, 2.45) is 0 Å². The number of nitrogens with zero attached hydrogens (tertiary/aromatic N) is 1. The first kappa shape index (κ1) is 16.6. The van der Waals surface area contributed by atoms with E-state index < -0.39 is 0 Å². The van der Waals surface area contributed by atoms with E-state index in [1.54, 1.807) is 22.7 Å². The molecule has 1 amide bonds. The number of nitrogens with one attached hydrogen (secondary N) is 2. The second kappa shape index (κ2) is 6.71. The van der Waals surface area contributed by atoms with Gasteiger partial charge in [-0.15, -0.1) is 22.7 Å². The average molecular weight is 350 g/mol. The Bertz CT molecular complexity index is 685. The van der Waals surface area contributed by atoms with E-state index in [4.69, 9.17) is 0 Å². The summed E-state index contributed by atoms with van der Waals surface area (Å²) in [6.07, 6.45) is 6.35. The molecule has 2 heterocycles. The SMILES string of the molecule is Cc1sc(NC(=O)CNC2(c3nccs3)CCCC2)c(C)c1C. The van der Waals surface area contributed by atoms with Crippen LogP contribution in [0.5, 0.6) is 0 Å². The summed E-state index contributed by atoms with van der Waals surface area (Å²) in [7, 11) is 0. The Kier molecular flexibility index (Phi) is 4.85. The van der Waals surface area contributed by atoms with Crippen molar-refractivity contribution in [3.05, 3.63) is 32.6 Å². The molecular formula is C17H23N3OS2. The van der Waals surface area contributed by atoms with Crippen molar-refractivity contribution >= 4 is 33.6 Å². The number of rotatable bonds is 5. The molecular weight excluding hydrogens is 326 g/mol. The van der Waals surface area contributed by atoms with Gasteiger partial charge in [-0.3, -0.25) is 10.1 Å². The first-order valence-corrected chi connectivity index (χ1v) is 9.73. The summed E-state index contributed by atoms with van der Waals surface area (Å²) in [5.74, 6) is 0.0252. The Hall–Kier alpha value is -1.24. The second-order valence-corrected chi connectivity index (χ2v) is 8.38. The largest absolute Gasteiger partial charge is 0.316 e. The molecule has 0 saturated heterocycles. The lowest BCUT2D eigenvalue weighted by atomic mass is 9.98. The number of anilines is 1. The number of hydrogen-bond donors (Lipinski definition) is 2. The molecule has 2 aromatic heterocycles. The number of aromatic nitrogens is 1. The summed E-state index contributed by atoms with van der Waals surface area (Å²) in [5, 5.41) is 10.7. The normalized spacial score (nSPS) is 16.7. The lowest BCUT2D eigenvalue weighted by molar-refractivity contribution is -0.115. The molecule has 1 saturated carbocycles. The minimum atomic E-state index is -0.109. The molecule has 2 aromatic rings. The molecule has 0 radical (unpaired) electrons. The number of amides is 1. The van der Waals surface area contributed by atoms with Gasteiger partial charge in [-0.2, -0.15) is 0 Å². The van der Waals surface area contributed by atoms with Crippen LogP contribution in [0.1, 0.15) is 46.7 Å². The van der Waals surface area contributed by atoms with Gasteiger partial charge in [-0.1, -0.05) is 12.8 Å². The van der Waals surface area contributed by atoms with Gasteiger partial charge in [0.1, 0.15) is 5.01 Å². The molecule has 1 aliphatic carbocycles. The van der Waals surface area contributed by atoms with E-state index >= 15 is 0 Å². The zero-order chi connectivity index (χ0) is 16.4. The number of carbonyl (C=O) groups is 1. The smallest absolute Gasteiger partial charge is 0.238 e. The van der Waals surface area contributed by atoms with E-state index in [2.05, 4.69) is 36.4 Å². The number of hydrogen-bond acceptors (Lipinski definition) is 5. The van der Waals surface area contributed by atoms with Gasteiger partial charge in [0.25, 0.3) is 0 Å². The molecule has 4 nitrogen and oxygen atoms in total. The van der Waals surface area contributed by atoms with Crippen molar-refractivity contribution in [1.82, 2.24) is 10.3 Å². The fourth-order valence-electron chi connectivity index (χ4n) is 3.18. The van der Waals surface area contributed by atoms with Crippen LogP contribution in [-0.2, 0) is 10.3 Å². The lowest BCUT2D eigenvalue weighted by Gasteiger charge is -2.28. The third-order valence-electron chi connectivity index (χ3n) is 4.83. The maximum absolute atomic E-state index is 12.4. The van der Waals surface area contributed by atoms with Crippen LogP contribution in [0.2, 0.25) is 0 Å². The van der Waals surface area contributed by atoms with E-state index in [0.29, 0.717) is 6.54 Å². The number of thiophene rings is 1. The summed E-state index contributed by atoms with van der Waals surface area (Å²) in [6, 6.07) is 0. The maximum atomic E-state index is 12.4. The third-order valence-corrected chi connectivity index (χ3v) is 7.03. The quantitative estimate of drug-likeness (QED) is 0.853. The van der Waals surface area contributed by atoms with Crippen LogP contribution in [0.25, 0.3) is 0 Å². The second-order valence-electron chi connectivity index (χ2n) is 6.27. The molecule has 0 aromatic carbocycles. The fraction of sp³-hybridized carbons (Fsp3) is 0.529. The maximum Gasteiger partial charge on any atom is 0.238 e. The number of carbonyl (C=O) groups excluding carboxylic acids is 1. The summed E-state index contributed by atoms with van der Waals surface area (Å²) in [6.45, 7) is 6.59. The van der Waals surface area contributed by atoms with Crippen molar-refractivity contribution < 1.29 is 4.79 Å². The van der Waals surface area contributed by atoms with Gasteiger partial charge in [0, 0.05) is 16.5 Å². The van der Waals surface area contributed by atoms with E-state index in [9.17, 15) is 4.79 Å². The van der Waals surface area contributed by atoms with Crippen LogP contribution in [0.15, 0.2) is 11.6 Å². The Morgan fingerprint density at radius 1 is 1.26 bits per heavy atom. The molecule has 124 valence electrons. The van der Waals surface area contributed by atoms with E-state index in [1.807, 2.05) is 11.6 Å². The van der Waals surface area contributed by atoms with Gasteiger partial charge < -0.3 is 5.32 Å². The molecule has 2 N–H and O–H groups in total. The highest BCUT2D eigenvalue weighted by atomic mass is 32.1. The summed E-state index contributed by atoms with van der Waals surface area (Å²) >= 11 is 3.33.